The van der Waals surface area contributed by atoms with Crippen molar-refractivity contribution < 1.29 is 14.2 Å². The molecule has 14 aromatic carbocycles. The molecule has 128 heavy (non-hydrogen) atoms. The second-order valence-electron chi connectivity index (χ2n) is 30.4. The lowest BCUT2D eigenvalue weighted by Gasteiger charge is -2.25. The smallest absolute Gasteiger partial charge is 0.119 e. The summed E-state index contributed by atoms with van der Waals surface area (Å²) >= 11 is 12.1. The van der Waals surface area contributed by atoms with Crippen LogP contribution in [0.2, 0.25) is 10.0 Å². The number of hydrogen-bond acceptors (Lipinski definition) is 10. The summed E-state index contributed by atoms with van der Waals surface area (Å²) < 4.78 is 16.2. The van der Waals surface area contributed by atoms with Crippen molar-refractivity contribution in [2.24, 2.45) is 0 Å². The molecule has 0 saturated heterocycles. The Kier molecular flexibility index (Phi) is 30.0. The lowest BCUT2D eigenvalue weighted by atomic mass is 9.99. The first-order chi connectivity index (χ1) is 62.9. The Morgan fingerprint density at radius 3 is 0.633 bits per heavy atom. The molecule has 0 atom stereocenters. The third-order valence-electron chi connectivity index (χ3n) is 22.3. The number of methoxy groups -OCH3 is 2. The highest BCUT2D eigenvalue weighted by Gasteiger charge is 2.18. The van der Waals surface area contributed by atoms with E-state index in [4.69, 9.17) is 57.3 Å². The van der Waals surface area contributed by atoms with Gasteiger partial charge in [-0.2, -0.15) is 0 Å². The molecule has 0 fully saturated rings. The topological polar surface area (TPSA) is 89.0 Å². The fourth-order valence-corrected chi connectivity index (χ4v) is 15.6. The van der Waals surface area contributed by atoms with Gasteiger partial charge in [-0.15, -0.1) is 0 Å². The van der Waals surface area contributed by atoms with Gasteiger partial charge in [0.25, 0.3) is 0 Å². The number of hydrogen-bond donors (Lipinski definition) is 0. The third-order valence-corrected chi connectivity index (χ3v) is 22.8. The average Bonchev–Trinajstić information content (AvgIpc) is 0.788. The molecule has 0 saturated carbocycles. The molecule has 0 N–H and O–H groups in total. The van der Waals surface area contributed by atoms with Crippen molar-refractivity contribution in [3.63, 3.8) is 0 Å². The summed E-state index contributed by atoms with van der Waals surface area (Å²) in [5.41, 5.74) is 31.2. The van der Waals surface area contributed by atoms with Crippen molar-refractivity contribution in [2.75, 3.05) is 61.7 Å². The van der Waals surface area contributed by atoms with Crippen LogP contribution in [0.3, 0.4) is 0 Å². The molecule has 18 aromatic rings. The van der Waals surface area contributed by atoms with Crippen LogP contribution < -0.4 is 28.9 Å². The molecule has 0 aliphatic rings. The average molecular weight is 1710 g/mol. The molecule has 4 aromatic heterocycles. The summed E-state index contributed by atoms with van der Waals surface area (Å²) in [4.78, 5) is 26.9. The van der Waals surface area contributed by atoms with Gasteiger partial charge in [-0.1, -0.05) is 254 Å². The lowest BCUT2D eigenvalue weighted by Crippen LogP contribution is -2.21. The largest absolute Gasteiger partial charge is 0.497 e. The van der Waals surface area contributed by atoms with Crippen LogP contribution in [0.5, 0.6) is 17.2 Å². The predicted octanol–water partition coefficient (Wildman–Crippen LogP) is 31.2. The van der Waals surface area contributed by atoms with Crippen LogP contribution in [0.15, 0.2) is 425 Å². The van der Waals surface area contributed by atoms with E-state index in [0.29, 0.717) is 16.7 Å². The van der Waals surface area contributed by atoms with E-state index in [2.05, 4.69) is 321 Å². The van der Waals surface area contributed by atoms with Crippen LogP contribution >= 0.6 is 23.2 Å². The van der Waals surface area contributed by atoms with Gasteiger partial charge in [0.2, 0.25) is 0 Å². The second kappa shape index (κ2) is 43.6. The van der Waals surface area contributed by atoms with Crippen molar-refractivity contribution in [1.29, 1.82) is 0 Å². The van der Waals surface area contributed by atoms with E-state index in [-0.39, 0.29) is 0 Å². The standard InChI is InChI=1S/C35H26N2.C29H30N2O2.C27H26N2.C25H19Cl2NO/c1-5-13-28(14-6-1)34-25-30(26-35(36-34)29-15-7-2-8-16-29)27-21-23-33(24-22-27)37(31-17-9-3-10-18-31)32-19-11-4-12-20-32;1-5-31(6-2)25-13-7-21(8-14-25)24-19-28(22-9-15-26(32-3)16-10-22)30-29(20-24)23-11-17-27(33-4)18-12-23;1-3-29(4-2)25-17-15-21(16-18-25)24-19-26(22-11-7-5-8-12-22)28-27(20-24)23-13-9-6-10-14-23;1-2-29-23-13-7-17(8-14-23)20-15-24(18-3-9-21(26)10-4-18)28-25(16-20)19-5-11-22(27)12-6-19/h1-26H;7-20H,5-6H2,1-4H3;5-20H,3-4H2,1-2H3;3-16H,2H2,1H3. The maximum atomic E-state index is 6.06. The van der Waals surface area contributed by atoms with Gasteiger partial charge in [0.05, 0.1) is 66.4 Å². The van der Waals surface area contributed by atoms with Crippen molar-refractivity contribution in [3.8, 4) is 152 Å². The Balaban J connectivity index is 0.000000132. The molecule has 0 amide bonds. The van der Waals surface area contributed by atoms with Gasteiger partial charge in [-0.3, -0.25) is 0 Å². The third kappa shape index (κ3) is 22.6. The molecule has 0 spiro atoms. The Labute approximate surface area is 763 Å². The van der Waals surface area contributed by atoms with Gasteiger partial charge in [0.15, 0.2) is 0 Å². The number of anilines is 5. The number of pyridine rings is 4. The molecular formula is C116H101Cl2N7O3. The highest BCUT2D eigenvalue weighted by atomic mass is 35.5. The first-order valence-electron chi connectivity index (χ1n) is 43.5. The van der Waals surface area contributed by atoms with E-state index in [1.165, 1.54) is 22.5 Å². The number of halogens is 2. The highest BCUT2D eigenvalue weighted by Crippen LogP contribution is 2.40. The van der Waals surface area contributed by atoms with E-state index < -0.39 is 0 Å². The van der Waals surface area contributed by atoms with Crippen LogP contribution in [0.25, 0.3) is 135 Å². The summed E-state index contributed by atoms with van der Waals surface area (Å²) in [6, 6.07) is 146. The van der Waals surface area contributed by atoms with Gasteiger partial charge < -0.3 is 28.9 Å². The first kappa shape index (κ1) is 87.9. The second-order valence-corrected chi connectivity index (χ2v) is 31.3. The van der Waals surface area contributed by atoms with E-state index >= 15 is 0 Å². The zero-order chi connectivity index (χ0) is 88.3. The van der Waals surface area contributed by atoms with Crippen LogP contribution in [0.4, 0.5) is 28.4 Å². The van der Waals surface area contributed by atoms with Crippen LogP contribution in [-0.2, 0) is 0 Å². The van der Waals surface area contributed by atoms with Gasteiger partial charge in [-0.05, 0) is 273 Å². The molecule has 0 radical (unpaired) electrons. The molecule has 0 aliphatic carbocycles. The minimum atomic E-state index is 0.649. The predicted molar refractivity (Wildman–Crippen MR) is 538 cm³/mol. The number of rotatable bonds is 25. The minimum absolute atomic E-state index is 0.649. The van der Waals surface area contributed by atoms with Gasteiger partial charge >= 0.3 is 0 Å². The van der Waals surface area contributed by atoms with Gasteiger partial charge in [0.1, 0.15) is 17.2 Å². The van der Waals surface area contributed by atoms with E-state index in [9.17, 15) is 0 Å². The Morgan fingerprint density at radius 2 is 0.398 bits per heavy atom. The van der Waals surface area contributed by atoms with Crippen molar-refractivity contribution in [1.82, 2.24) is 19.9 Å². The molecule has 4 heterocycles. The Morgan fingerprint density at radius 1 is 0.203 bits per heavy atom. The molecule has 0 unspecified atom stereocenters. The number of ether oxygens (including phenoxy) is 3. The molecule has 0 bridgehead atoms. The lowest BCUT2D eigenvalue weighted by molar-refractivity contribution is 0.340. The quantitative estimate of drug-likeness (QED) is 0.0551. The highest BCUT2D eigenvalue weighted by molar-refractivity contribution is 6.31. The summed E-state index contributed by atoms with van der Waals surface area (Å²) in [5.74, 6) is 2.52. The maximum absolute atomic E-state index is 6.06. The maximum Gasteiger partial charge on any atom is 0.119 e. The van der Waals surface area contributed by atoms with Crippen molar-refractivity contribution >= 4 is 51.6 Å². The monoisotopic (exact) mass is 1710 g/mol. The summed E-state index contributed by atoms with van der Waals surface area (Å²) in [6.07, 6.45) is 0. The SMILES string of the molecule is CCN(CC)c1ccc(-c2cc(-c3ccc(OC)cc3)nc(-c3ccc(OC)cc3)c2)cc1.CCN(CC)c1ccc(-c2cc(-c3ccccc3)nc(-c3ccccc3)c2)cc1.CCOc1ccc(-c2cc(-c3ccc(Cl)cc3)nc(-c3ccc(Cl)cc3)c2)cc1.c1ccc(-c2cc(-c3ccc(N(c4ccccc4)c4ccccc4)cc3)cc(-c3ccccc3)n2)cc1. The van der Waals surface area contributed by atoms with Crippen molar-refractivity contribution in [3.05, 3.63) is 435 Å². The first-order valence-corrected chi connectivity index (χ1v) is 44.2. The van der Waals surface area contributed by atoms with Crippen molar-refractivity contribution in [2.45, 2.75) is 34.6 Å². The normalized spacial score (nSPS) is 10.7. The summed E-state index contributed by atoms with van der Waals surface area (Å²) in [6.45, 7) is 15.4. The minimum Gasteiger partial charge on any atom is -0.497 e. The molecule has 0 aliphatic heterocycles. The number of para-hydroxylation sites is 2. The van der Waals surface area contributed by atoms with Gasteiger partial charge in [0, 0.05) is 109 Å². The Hall–Kier alpha value is -14.9. The van der Waals surface area contributed by atoms with Crippen LogP contribution in [0.1, 0.15) is 34.6 Å². The fourth-order valence-electron chi connectivity index (χ4n) is 15.4. The summed E-state index contributed by atoms with van der Waals surface area (Å²) in [5, 5.41) is 1.41. The number of aromatic nitrogens is 4. The number of nitrogens with zero attached hydrogens (tertiary/aromatic N) is 7. The van der Waals surface area contributed by atoms with E-state index in [0.717, 1.165) is 184 Å². The van der Waals surface area contributed by atoms with E-state index in [1.807, 2.05) is 153 Å². The van der Waals surface area contributed by atoms with Gasteiger partial charge in [-0.25, -0.2) is 19.9 Å². The fraction of sp³-hybridized carbons (Fsp3) is 0.103. The Bertz CT molecular complexity index is 6240. The molecule has 12 heteroatoms. The zero-order valence-corrected chi connectivity index (χ0v) is 74.6. The van der Waals surface area contributed by atoms with E-state index in [1.54, 1.807) is 14.2 Å². The molecule has 10 nitrogen and oxygen atoms in total. The molecule has 632 valence electrons. The number of benzene rings is 14. The molecule has 18 rings (SSSR count). The van der Waals surface area contributed by atoms with Crippen LogP contribution in [-0.4, -0.2) is 66.9 Å². The molecular weight excluding hydrogens is 1610 g/mol. The van der Waals surface area contributed by atoms with Crippen LogP contribution in [0, 0.1) is 0 Å². The zero-order valence-electron chi connectivity index (χ0n) is 73.1. The summed E-state index contributed by atoms with van der Waals surface area (Å²) in [7, 11) is 3.36.